The van der Waals surface area contributed by atoms with Crippen LogP contribution in [0.25, 0.3) is 0 Å². The van der Waals surface area contributed by atoms with Gasteiger partial charge in [0.1, 0.15) is 0 Å². The summed E-state index contributed by atoms with van der Waals surface area (Å²) in [6.45, 7) is 15.6. The molecule has 0 saturated heterocycles. The smallest absolute Gasteiger partial charge is 0.0645 e. The van der Waals surface area contributed by atoms with Gasteiger partial charge in [-0.1, -0.05) is 40.9 Å². The van der Waals surface area contributed by atoms with Gasteiger partial charge in [-0.25, -0.2) is 0 Å². The molecule has 14 heavy (non-hydrogen) atoms. The van der Waals surface area contributed by atoms with E-state index in [1.54, 1.807) is 12.4 Å². The maximum Gasteiger partial charge on any atom is 0.0645 e. The SMILES string of the molecule is C=C/N=C(\C(=N/C=C)C(C)C)C(C)C. The third-order valence-electron chi connectivity index (χ3n) is 1.82. The second-order valence-electron chi connectivity index (χ2n) is 3.70. The fourth-order valence-corrected chi connectivity index (χ4v) is 1.22. The number of hydrogen-bond acceptors (Lipinski definition) is 2. The highest BCUT2D eigenvalue weighted by Crippen LogP contribution is 2.08. The normalized spacial score (nSPS) is 13.6. The molecule has 2 heteroatoms. The van der Waals surface area contributed by atoms with E-state index < -0.39 is 0 Å². The van der Waals surface area contributed by atoms with E-state index in [9.17, 15) is 0 Å². The fourth-order valence-electron chi connectivity index (χ4n) is 1.22. The van der Waals surface area contributed by atoms with Crippen LogP contribution in [0, 0.1) is 11.8 Å². The zero-order valence-corrected chi connectivity index (χ0v) is 9.62. The van der Waals surface area contributed by atoms with E-state index in [-0.39, 0.29) is 0 Å². The van der Waals surface area contributed by atoms with Gasteiger partial charge in [0, 0.05) is 12.4 Å². The van der Waals surface area contributed by atoms with E-state index in [4.69, 9.17) is 0 Å². The molecule has 0 atom stereocenters. The minimum absolute atomic E-state index is 0.356. The maximum absolute atomic E-state index is 4.27. The Morgan fingerprint density at radius 1 is 0.857 bits per heavy atom. The van der Waals surface area contributed by atoms with Crippen LogP contribution in [0.5, 0.6) is 0 Å². The highest BCUT2D eigenvalue weighted by atomic mass is 14.8. The largest absolute Gasteiger partial charge is 0.260 e. The van der Waals surface area contributed by atoms with Crippen molar-refractivity contribution in [1.29, 1.82) is 0 Å². The van der Waals surface area contributed by atoms with Gasteiger partial charge in [-0.15, -0.1) is 0 Å². The Morgan fingerprint density at radius 2 is 1.14 bits per heavy atom. The van der Waals surface area contributed by atoms with Gasteiger partial charge in [-0.2, -0.15) is 0 Å². The molecule has 0 saturated carbocycles. The van der Waals surface area contributed by atoms with Gasteiger partial charge < -0.3 is 0 Å². The standard InChI is InChI=1S/C12H20N2/c1-7-13-11(9(3)4)12(10(5)6)14-8-2/h7-10H,1-2H2,3-6H3/b13-11-,14-12-. The van der Waals surface area contributed by atoms with E-state index in [0.717, 1.165) is 11.4 Å². The molecular weight excluding hydrogens is 172 g/mol. The third-order valence-corrected chi connectivity index (χ3v) is 1.82. The Kier molecular flexibility index (Phi) is 5.77. The van der Waals surface area contributed by atoms with Gasteiger partial charge in [0.15, 0.2) is 0 Å². The van der Waals surface area contributed by atoms with E-state index >= 15 is 0 Å². The molecule has 0 aromatic carbocycles. The van der Waals surface area contributed by atoms with Crippen molar-refractivity contribution in [3.63, 3.8) is 0 Å². The summed E-state index contributed by atoms with van der Waals surface area (Å²) in [5.74, 6) is 0.711. The van der Waals surface area contributed by atoms with Crippen LogP contribution in [0.2, 0.25) is 0 Å². The molecule has 0 heterocycles. The first-order chi connectivity index (χ1) is 6.54. The molecule has 0 amide bonds. The summed E-state index contributed by atoms with van der Waals surface area (Å²) in [6.07, 6.45) is 3.13. The minimum atomic E-state index is 0.356. The summed E-state index contributed by atoms with van der Waals surface area (Å²) in [6, 6.07) is 0. The first-order valence-electron chi connectivity index (χ1n) is 4.92. The average molecular weight is 192 g/mol. The predicted molar refractivity (Wildman–Crippen MR) is 64.9 cm³/mol. The van der Waals surface area contributed by atoms with Gasteiger partial charge >= 0.3 is 0 Å². The predicted octanol–water partition coefficient (Wildman–Crippen LogP) is 3.47. The molecule has 0 rings (SSSR count). The van der Waals surface area contributed by atoms with Crippen molar-refractivity contribution < 1.29 is 0 Å². The maximum atomic E-state index is 4.27. The molecule has 0 aromatic rings. The van der Waals surface area contributed by atoms with Crippen molar-refractivity contribution in [2.75, 3.05) is 0 Å². The lowest BCUT2D eigenvalue weighted by Crippen LogP contribution is -2.24. The summed E-state index contributed by atoms with van der Waals surface area (Å²) >= 11 is 0. The second-order valence-corrected chi connectivity index (χ2v) is 3.70. The Hall–Kier alpha value is -1.18. The molecule has 0 aliphatic heterocycles. The zero-order chi connectivity index (χ0) is 11.1. The quantitative estimate of drug-likeness (QED) is 0.596. The first kappa shape index (κ1) is 12.8. The van der Waals surface area contributed by atoms with Crippen LogP contribution in [0.1, 0.15) is 27.7 Å². The second kappa shape index (κ2) is 6.30. The first-order valence-corrected chi connectivity index (χ1v) is 4.92. The van der Waals surface area contributed by atoms with Crippen LogP contribution < -0.4 is 0 Å². The molecule has 0 radical (unpaired) electrons. The highest BCUT2D eigenvalue weighted by molar-refractivity contribution is 6.43. The Morgan fingerprint density at radius 3 is 1.29 bits per heavy atom. The molecule has 2 nitrogen and oxygen atoms in total. The summed E-state index contributed by atoms with van der Waals surface area (Å²) in [7, 11) is 0. The molecule has 0 N–H and O–H groups in total. The van der Waals surface area contributed by atoms with Gasteiger partial charge in [0.25, 0.3) is 0 Å². The van der Waals surface area contributed by atoms with Gasteiger partial charge in [0.2, 0.25) is 0 Å². The highest BCUT2D eigenvalue weighted by Gasteiger charge is 2.15. The van der Waals surface area contributed by atoms with Gasteiger partial charge in [-0.05, 0) is 11.8 Å². The molecule has 0 unspecified atom stereocenters. The lowest BCUT2D eigenvalue weighted by atomic mass is 9.95. The molecule has 0 aliphatic rings. The number of aliphatic imine (C=N–C) groups is 2. The van der Waals surface area contributed by atoms with Crippen LogP contribution in [-0.4, -0.2) is 11.4 Å². The molecule has 0 fully saturated rings. The fraction of sp³-hybridized carbons (Fsp3) is 0.500. The number of rotatable bonds is 5. The van der Waals surface area contributed by atoms with Crippen LogP contribution >= 0.6 is 0 Å². The Balaban J connectivity index is 5.13. The Labute approximate surface area is 87.2 Å². The van der Waals surface area contributed by atoms with Crippen molar-refractivity contribution in [3.05, 3.63) is 25.6 Å². The van der Waals surface area contributed by atoms with Gasteiger partial charge in [0.05, 0.1) is 11.4 Å². The third kappa shape index (κ3) is 3.69. The van der Waals surface area contributed by atoms with E-state index in [1.165, 1.54) is 0 Å². The van der Waals surface area contributed by atoms with E-state index in [2.05, 4.69) is 50.8 Å². The Bertz CT molecular complexity index is 229. The lowest BCUT2D eigenvalue weighted by Gasteiger charge is -2.14. The minimum Gasteiger partial charge on any atom is -0.260 e. The van der Waals surface area contributed by atoms with Crippen molar-refractivity contribution in [1.82, 2.24) is 0 Å². The molecule has 0 aromatic heterocycles. The molecule has 78 valence electrons. The van der Waals surface area contributed by atoms with E-state index in [1.807, 2.05) is 0 Å². The lowest BCUT2D eigenvalue weighted by molar-refractivity contribution is 0.854. The molecule has 0 bridgehead atoms. The topological polar surface area (TPSA) is 24.7 Å². The number of hydrogen-bond donors (Lipinski definition) is 0. The van der Waals surface area contributed by atoms with Gasteiger partial charge in [-0.3, -0.25) is 9.98 Å². The summed E-state index contributed by atoms with van der Waals surface area (Å²) in [4.78, 5) is 8.53. The van der Waals surface area contributed by atoms with Crippen molar-refractivity contribution in [3.8, 4) is 0 Å². The summed E-state index contributed by atoms with van der Waals surface area (Å²) < 4.78 is 0. The van der Waals surface area contributed by atoms with E-state index in [0.29, 0.717) is 11.8 Å². The van der Waals surface area contributed by atoms with Crippen molar-refractivity contribution in [2.24, 2.45) is 21.8 Å². The van der Waals surface area contributed by atoms with Crippen LogP contribution in [-0.2, 0) is 0 Å². The summed E-state index contributed by atoms with van der Waals surface area (Å²) in [5, 5.41) is 0. The average Bonchev–Trinajstić information content (AvgIpc) is 2.10. The molecule has 0 aliphatic carbocycles. The van der Waals surface area contributed by atoms with Crippen LogP contribution in [0.15, 0.2) is 35.5 Å². The zero-order valence-electron chi connectivity index (χ0n) is 9.62. The van der Waals surface area contributed by atoms with Crippen molar-refractivity contribution in [2.45, 2.75) is 27.7 Å². The number of nitrogens with zero attached hydrogens (tertiary/aromatic N) is 2. The monoisotopic (exact) mass is 192 g/mol. The van der Waals surface area contributed by atoms with Crippen LogP contribution in [0.4, 0.5) is 0 Å². The molecule has 0 spiro atoms. The summed E-state index contributed by atoms with van der Waals surface area (Å²) in [5.41, 5.74) is 1.99. The molecular formula is C12H20N2. The van der Waals surface area contributed by atoms with Crippen LogP contribution in [0.3, 0.4) is 0 Å². The van der Waals surface area contributed by atoms with Crippen molar-refractivity contribution >= 4 is 11.4 Å².